The van der Waals surface area contributed by atoms with E-state index < -0.39 is 16.3 Å². The lowest BCUT2D eigenvalue weighted by atomic mass is 10.00. The van der Waals surface area contributed by atoms with Gasteiger partial charge in [-0.1, -0.05) is 6.42 Å². The molecule has 1 fully saturated rings. The van der Waals surface area contributed by atoms with Crippen molar-refractivity contribution >= 4 is 10.2 Å². The zero-order valence-electron chi connectivity index (χ0n) is 11.8. The Hall–Kier alpha value is -0.170. The summed E-state index contributed by atoms with van der Waals surface area (Å²) in [6.07, 6.45) is 2.84. The van der Waals surface area contributed by atoms with Gasteiger partial charge in [-0.15, -0.1) is 0 Å². The van der Waals surface area contributed by atoms with E-state index in [0.29, 0.717) is 13.0 Å². The van der Waals surface area contributed by atoms with Gasteiger partial charge in [-0.05, 0) is 40.0 Å². The number of rotatable bonds is 5. The summed E-state index contributed by atoms with van der Waals surface area (Å²) in [5, 5.41) is 9.50. The number of aliphatic hydroxyl groups excluding tert-OH is 1. The smallest absolute Gasteiger partial charge is 0.282 e. The minimum Gasteiger partial charge on any atom is -0.393 e. The molecule has 1 aliphatic rings. The highest BCUT2D eigenvalue weighted by atomic mass is 32.2. The molecule has 0 aliphatic carbocycles. The summed E-state index contributed by atoms with van der Waals surface area (Å²) in [6.45, 7) is 6.01. The molecule has 6 heteroatoms. The molecular formula is C12H26N2O3S. The standard InChI is InChI=1S/C12H26N2O3S/c1-10(2)13(4)18(16,17)14-8-6-5-7-12(14)9-11(3)15/h10-12,15H,5-9H2,1-4H3. The van der Waals surface area contributed by atoms with Crippen molar-refractivity contribution in [2.75, 3.05) is 13.6 Å². The van der Waals surface area contributed by atoms with Crippen LogP contribution in [0.15, 0.2) is 0 Å². The fraction of sp³-hybridized carbons (Fsp3) is 1.00. The first-order valence-electron chi connectivity index (χ1n) is 6.69. The molecule has 18 heavy (non-hydrogen) atoms. The second-order valence-corrected chi connectivity index (χ2v) is 7.40. The van der Waals surface area contributed by atoms with Gasteiger partial charge < -0.3 is 5.11 Å². The van der Waals surface area contributed by atoms with Gasteiger partial charge in [-0.2, -0.15) is 17.0 Å². The zero-order valence-corrected chi connectivity index (χ0v) is 12.7. The van der Waals surface area contributed by atoms with E-state index in [1.54, 1.807) is 18.3 Å². The minimum atomic E-state index is -3.40. The van der Waals surface area contributed by atoms with Crippen molar-refractivity contribution in [3.05, 3.63) is 0 Å². The first-order valence-corrected chi connectivity index (χ1v) is 8.09. The highest BCUT2D eigenvalue weighted by molar-refractivity contribution is 7.86. The Labute approximate surface area is 111 Å². The average molecular weight is 278 g/mol. The van der Waals surface area contributed by atoms with E-state index in [4.69, 9.17) is 0 Å². The van der Waals surface area contributed by atoms with Gasteiger partial charge in [0, 0.05) is 25.7 Å². The van der Waals surface area contributed by atoms with Gasteiger partial charge in [0.1, 0.15) is 0 Å². The van der Waals surface area contributed by atoms with Crippen molar-refractivity contribution < 1.29 is 13.5 Å². The molecule has 0 aromatic rings. The van der Waals surface area contributed by atoms with Crippen LogP contribution >= 0.6 is 0 Å². The lowest BCUT2D eigenvalue weighted by molar-refractivity contribution is 0.128. The molecule has 2 unspecified atom stereocenters. The Kier molecular flexibility index (Phi) is 5.58. The average Bonchev–Trinajstić information content (AvgIpc) is 2.27. The molecular weight excluding hydrogens is 252 g/mol. The highest BCUT2D eigenvalue weighted by Crippen LogP contribution is 2.25. The molecule has 0 saturated carbocycles. The lowest BCUT2D eigenvalue weighted by Gasteiger charge is -2.38. The third kappa shape index (κ3) is 3.66. The topological polar surface area (TPSA) is 60.9 Å². The number of hydrogen-bond donors (Lipinski definition) is 1. The van der Waals surface area contributed by atoms with Crippen LogP contribution in [0.2, 0.25) is 0 Å². The number of nitrogens with zero attached hydrogens (tertiary/aromatic N) is 2. The van der Waals surface area contributed by atoms with Crippen molar-refractivity contribution in [1.82, 2.24) is 8.61 Å². The summed E-state index contributed by atoms with van der Waals surface area (Å²) >= 11 is 0. The Morgan fingerprint density at radius 3 is 2.44 bits per heavy atom. The van der Waals surface area contributed by atoms with Gasteiger partial charge >= 0.3 is 0 Å². The Morgan fingerprint density at radius 2 is 1.94 bits per heavy atom. The Balaban J connectivity index is 2.89. The van der Waals surface area contributed by atoms with E-state index >= 15 is 0 Å². The summed E-state index contributed by atoms with van der Waals surface area (Å²) in [7, 11) is -1.78. The first kappa shape index (κ1) is 15.9. The molecule has 1 N–H and O–H groups in total. The maximum Gasteiger partial charge on any atom is 0.282 e. The largest absolute Gasteiger partial charge is 0.393 e. The van der Waals surface area contributed by atoms with Gasteiger partial charge in [-0.3, -0.25) is 0 Å². The normalized spacial score (nSPS) is 24.7. The Morgan fingerprint density at radius 1 is 1.33 bits per heavy atom. The van der Waals surface area contributed by atoms with Crippen LogP contribution in [0.5, 0.6) is 0 Å². The van der Waals surface area contributed by atoms with Crippen LogP contribution in [0.25, 0.3) is 0 Å². The molecule has 1 rings (SSSR count). The zero-order chi connectivity index (χ0) is 13.9. The molecule has 0 bridgehead atoms. The molecule has 0 spiro atoms. The Bertz CT molecular complexity index is 354. The van der Waals surface area contributed by atoms with Crippen molar-refractivity contribution in [2.24, 2.45) is 0 Å². The maximum atomic E-state index is 12.5. The number of aliphatic hydroxyl groups is 1. The van der Waals surface area contributed by atoms with Crippen LogP contribution in [-0.4, -0.2) is 53.9 Å². The second-order valence-electron chi connectivity index (χ2n) is 5.46. The fourth-order valence-corrected chi connectivity index (χ4v) is 4.13. The third-order valence-electron chi connectivity index (χ3n) is 3.57. The molecule has 0 radical (unpaired) electrons. The van der Waals surface area contributed by atoms with Crippen LogP contribution in [0, 0.1) is 0 Å². The van der Waals surface area contributed by atoms with E-state index in [1.807, 2.05) is 13.8 Å². The molecule has 0 amide bonds. The van der Waals surface area contributed by atoms with Crippen LogP contribution in [0.1, 0.15) is 46.5 Å². The summed E-state index contributed by atoms with van der Waals surface area (Å²) in [6, 6.07) is -0.117. The SMILES string of the molecule is CC(O)CC1CCCCN1S(=O)(=O)N(C)C(C)C. The predicted molar refractivity (Wildman–Crippen MR) is 72.5 cm³/mol. The van der Waals surface area contributed by atoms with Crippen LogP contribution in [-0.2, 0) is 10.2 Å². The van der Waals surface area contributed by atoms with E-state index in [-0.39, 0.29) is 12.1 Å². The summed E-state index contributed by atoms with van der Waals surface area (Å²) in [5.41, 5.74) is 0. The molecule has 2 atom stereocenters. The van der Waals surface area contributed by atoms with Gasteiger partial charge in [0.05, 0.1) is 6.10 Å². The summed E-state index contributed by atoms with van der Waals surface area (Å²) < 4.78 is 28.0. The fourth-order valence-electron chi connectivity index (χ4n) is 2.34. The summed E-state index contributed by atoms with van der Waals surface area (Å²) in [5.74, 6) is 0. The molecule has 0 aromatic carbocycles. The van der Waals surface area contributed by atoms with Gasteiger partial charge in [0.15, 0.2) is 0 Å². The molecule has 5 nitrogen and oxygen atoms in total. The molecule has 0 aromatic heterocycles. The predicted octanol–water partition coefficient (Wildman–Crippen LogP) is 1.20. The molecule has 108 valence electrons. The third-order valence-corrected chi connectivity index (χ3v) is 5.80. The minimum absolute atomic E-state index is 0.0517. The van der Waals surface area contributed by atoms with Crippen molar-refractivity contribution in [3.8, 4) is 0 Å². The van der Waals surface area contributed by atoms with Gasteiger partial charge in [0.25, 0.3) is 10.2 Å². The monoisotopic (exact) mass is 278 g/mol. The van der Waals surface area contributed by atoms with Crippen molar-refractivity contribution in [1.29, 1.82) is 0 Å². The number of hydrogen-bond acceptors (Lipinski definition) is 3. The second kappa shape index (κ2) is 6.32. The van der Waals surface area contributed by atoms with Crippen LogP contribution in [0.3, 0.4) is 0 Å². The van der Waals surface area contributed by atoms with E-state index in [9.17, 15) is 13.5 Å². The molecule has 1 aliphatic heterocycles. The van der Waals surface area contributed by atoms with Gasteiger partial charge in [-0.25, -0.2) is 0 Å². The van der Waals surface area contributed by atoms with Crippen molar-refractivity contribution in [2.45, 2.75) is 64.6 Å². The molecule has 1 saturated heterocycles. The summed E-state index contributed by atoms with van der Waals surface area (Å²) in [4.78, 5) is 0. The van der Waals surface area contributed by atoms with Gasteiger partial charge in [0.2, 0.25) is 0 Å². The van der Waals surface area contributed by atoms with Crippen molar-refractivity contribution in [3.63, 3.8) is 0 Å². The highest BCUT2D eigenvalue weighted by Gasteiger charge is 2.36. The number of piperidine rings is 1. The van der Waals surface area contributed by atoms with E-state index in [0.717, 1.165) is 19.3 Å². The lowest BCUT2D eigenvalue weighted by Crippen LogP contribution is -2.51. The molecule has 1 heterocycles. The quantitative estimate of drug-likeness (QED) is 0.822. The first-order chi connectivity index (χ1) is 8.26. The maximum absolute atomic E-state index is 12.5. The van der Waals surface area contributed by atoms with E-state index in [2.05, 4.69) is 0 Å². The van der Waals surface area contributed by atoms with Crippen LogP contribution < -0.4 is 0 Å². The van der Waals surface area contributed by atoms with Crippen LogP contribution in [0.4, 0.5) is 0 Å². The van der Waals surface area contributed by atoms with E-state index in [1.165, 1.54) is 4.31 Å².